The minimum atomic E-state index is 0.0924. The van der Waals surface area contributed by atoms with Crippen LogP contribution in [0.15, 0.2) is 18.7 Å². The highest BCUT2D eigenvalue weighted by molar-refractivity contribution is 5.77. The molecule has 2 fully saturated rings. The highest BCUT2D eigenvalue weighted by Crippen LogP contribution is 2.39. The molecular weight excluding hydrogens is 332 g/mol. The molecule has 2 aliphatic rings. The van der Waals surface area contributed by atoms with Gasteiger partial charge >= 0.3 is 0 Å². The fourth-order valence-corrected chi connectivity index (χ4v) is 3.67. The molecule has 0 radical (unpaired) electrons. The van der Waals surface area contributed by atoms with E-state index in [-0.39, 0.29) is 12.5 Å². The van der Waals surface area contributed by atoms with Crippen LogP contribution < -0.4 is 0 Å². The number of aromatic nitrogens is 5. The first kappa shape index (κ1) is 17.2. The maximum Gasteiger partial charge on any atom is 0.248 e. The van der Waals surface area contributed by atoms with Gasteiger partial charge in [-0.25, -0.2) is 4.98 Å². The second kappa shape index (κ2) is 7.57. The summed E-state index contributed by atoms with van der Waals surface area (Å²) in [6, 6.07) is 0.538. The van der Waals surface area contributed by atoms with Gasteiger partial charge in [0, 0.05) is 44.0 Å². The summed E-state index contributed by atoms with van der Waals surface area (Å²) >= 11 is 0. The van der Waals surface area contributed by atoms with Crippen LogP contribution in [0.3, 0.4) is 0 Å². The molecule has 8 heteroatoms. The van der Waals surface area contributed by atoms with Crippen molar-refractivity contribution in [2.24, 2.45) is 0 Å². The van der Waals surface area contributed by atoms with Crippen molar-refractivity contribution in [1.82, 2.24) is 29.2 Å². The van der Waals surface area contributed by atoms with E-state index in [1.807, 2.05) is 28.9 Å². The first-order chi connectivity index (χ1) is 12.8. The van der Waals surface area contributed by atoms with Crippen LogP contribution in [0.25, 0.3) is 0 Å². The number of piperidine rings is 1. The molecule has 8 nitrogen and oxygen atoms in total. The van der Waals surface area contributed by atoms with Gasteiger partial charge in [0.25, 0.3) is 0 Å². The van der Waals surface area contributed by atoms with E-state index >= 15 is 0 Å². The lowest BCUT2D eigenvalue weighted by Crippen LogP contribution is -2.40. The van der Waals surface area contributed by atoms with Gasteiger partial charge in [0.1, 0.15) is 12.4 Å². The molecule has 0 bridgehead atoms. The number of likely N-dealkylation sites (tertiary alicyclic amines) is 1. The van der Waals surface area contributed by atoms with E-state index in [2.05, 4.69) is 19.7 Å². The SMILES string of the molecule is CCOCC(=O)N1CCC(c2nnc(Cn3ccnc3)n2C2CC2)CC1. The first-order valence-electron chi connectivity index (χ1n) is 9.51. The van der Waals surface area contributed by atoms with Gasteiger partial charge < -0.3 is 18.8 Å². The lowest BCUT2D eigenvalue weighted by atomic mass is 9.95. The van der Waals surface area contributed by atoms with Crippen LogP contribution in [0.5, 0.6) is 0 Å². The van der Waals surface area contributed by atoms with Gasteiger partial charge in [-0.1, -0.05) is 0 Å². The average Bonchev–Trinajstić information content (AvgIpc) is 3.21. The Bertz CT molecular complexity index is 729. The molecule has 0 aromatic carbocycles. The van der Waals surface area contributed by atoms with Crippen molar-refractivity contribution in [2.45, 2.75) is 51.1 Å². The normalized spacial score (nSPS) is 18.4. The summed E-state index contributed by atoms with van der Waals surface area (Å²) in [5.41, 5.74) is 0. The fourth-order valence-electron chi connectivity index (χ4n) is 3.67. The Labute approximate surface area is 153 Å². The number of hydrogen-bond donors (Lipinski definition) is 0. The van der Waals surface area contributed by atoms with Crippen LogP contribution >= 0.6 is 0 Å². The number of imidazole rings is 1. The smallest absolute Gasteiger partial charge is 0.248 e. The predicted molar refractivity (Wildman–Crippen MR) is 94.7 cm³/mol. The van der Waals surface area contributed by atoms with Crippen molar-refractivity contribution in [1.29, 1.82) is 0 Å². The van der Waals surface area contributed by atoms with Crippen molar-refractivity contribution in [3.63, 3.8) is 0 Å². The second-order valence-corrected chi connectivity index (χ2v) is 7.10. The van der Waals surface area contributed by atoms with Crippen LogP contribution in [0.4, 0.5) is 0 Å². The van der Waals surface area contributed by atoms with Gasteiger partial charge in [0.15, 0.2) is 5.82 Å². The zero-order valence-corrected chi connectivity index (χ0v) is 15.3. The van der Waals surface area contributed by atoms with Gasteiger partial charge in [-0.3, -0.25) is 4.79 Å². The topological polar surface area (TPSA) is 78.1 Å². The minimum Gasteiger partial charge on any atom is -0.372 e. The minimum absolute atomic E-state index is 0.0924. The molecule has 1 aliphatic carbocycles. The van der Waals surface area contributed by atoms with E-state index in [0.717, 1.165) is 37.6 Å². The number of rotatable bonds is 7. The highest BCUT2D eigenvalue weighted by Gasteiger charge is 2.34. The van der Waals surface area contributed by atoms with E-state index in [9.17, 15) is 4.79 Å². The van der Waals surface area contributed by atoms with Gasteiger partial charge in [0.2, 0.25) is 5.91 Å². The average molecular weight is 358 g/mol. The molecule has 1 saturated carbocycles. The molecule has 1 aliphatic heterocycles. The molecule has 0 N–H and O–H groups in total. The summed E-state index contributed by atoms with van der Waals surface area (Å²) in [5.74, 6) is 2.57. The summed E-state index contributed by atoms with van der Waals surface area (Å²) in [4.78, 5) is 18.1. The molecule has 3 heterocycles. The van der Waals surface area contributed by atoms with Gasteiger partial charge in [-0.05, 0) is 32.6 Å². The Morgan fingerprint density at radius 2 is 2.04 bits per heavy atom. The third-order valence-corrected chi connectivity index (χ3v) is 5.23. The Kier molecular flexibility index (Phi) is 5.01. The quantitative estimate of drug-likeness (QED) is 0.751. The molecule has 1 amide bonds. The van der Waals surface area contributed by atoms with E-state index in [0.29, 0.717) is 25.1 Å². The second-order valence-electron chi connectivity index (χ2n) is 7.10. The number of hydrogen-bond acceptors (Lipinski definition) is 5. The summed E-state index contributed by atoms with van der Waals surface area (Å²) < 4.78 is 9.63. The van der Waals surface area contributed by atoms with Gasteiger partial charge in [0.05, 0.1) is 12.9 Å². The first-order valence-corrected chi connectivity index (χ1v) is 9.51. The van der Waals surface area contributed by atoms with Crippen molar-refractivity contribution in [3.05, 3.63) is 30.4 Å². The Hall–Kier alpha value is -2.22. The number of nitrogens with zero attached hydrogens (tertiary/aromatic N) is 6. The molecule has 2 aromatic heterocycles. The van der Waals surface area contributed by atoms with Gasteiger partial charge in [-0.2, -0.15) is 0 Å². The Balaban J connectivity index is 1.44. The molecule has 140 valence electrons. The lowest BCUT2D eigenvalue weighted by Gasteiger charge is -2.31. The van der Waals surface area contributed by atoms with Crippen molar-refractivity contribution in [2.75, 3.05) is 26.3 Å². The van der Waals surface area contributed by atoms with Crippen LogP contribution in [0.1, 0.15) is 56.2 Å². The summed E-state index contributed by atoms with van der Waals surface area (Å²) in [6.07, 6.45) is 9.83. The van der Waals surface area contributed by atoms with Gasteiger partial charge in [-0.15, -0.1) is 10.2 Å². The largest absolute Gasteiger partial charge is 0.372 e. The number of carbonyl (C=O) groups excluding carboxylic acids is 1. The molecule has 1 saturated heterocycles. The standard InChI is InChI=1S/C18H26N6O2/c1-2-26-12-17(25)23-8-5-14(6-9-23)18-21-20-16(24(18)15-3-4-15)11-22-10-7-19-13-22/h7,10,13-15H,2-6,8-9,11-12H2,1H3. The summed E-state index contributed by atoms with van der Waals surface area (Å²) in [5, 5.41) is 9.04. The predicted octanol–water partition coefficient (Wildman–Crippen LogP) is 1.60. The third-order valence-electron chi connectivity index (χ3n) is 5.23. The van der Waals surface area contributed by atoms with Crippen molar-refractivity contribution >= 4 is 5.91 Å². The fraction of sp³-hybridized carbons (Fsp3) is 0.667. The van der Waals surface area contributed by atoms with Crippen LogP contribution in [-0.4, -0.2) is 61.4 Å². The summed E-state index contributed by atoms with van der Waals surface area (Å²) in [6.45, 7) is 4.91. The molecule has 0 unspecified atom stereocenters. The van der Waals surface area contributed by atoms with Crippen LogP contribution in [0.2, 0.25) is 0 Å². The van der Waals surface area contributed by atoms with E-state index in [1.165, 1.54) is 12.8 Å². The van der Waals surface area contributed by atoms with E-state index < -0.39 is 0 Å². The lowest BCUT2D eigenvalue weighted by molar-refractivity contribution is -0.137. The van der Waals surface area contributed by atoms with E-state index in [4.69, 9.17) is 4.74 Å². The molecule has 0 spiro atoms. The molecule has 26 heavy (non-hydrogen) atoms. The van der Waals surface area contributed by atoms with E-state index in [1.54, 1.807) is 6.20 Å². The highest BCUT2D eigenvalue weighted by atomic mass is 16.5. The maximum absolute atomic E-state index is 12.1. The number of carbonyl (C=O) groups is 1. The molecule has 0 atom stereocenters. The third kappa shape index (κ3) is 3.65. The molecule has 4 rings (SSSR count). The molecular formula is C18H26N6O2. The maximum atomic E-state index is 12.1. The zero-order valence-electron chi connectivity index (χ0n) is 15.3. The van der Waals surface area contributed by atoms with Crippen LogP contribution in [0, 0.1) is 0 Å². The van der Waals surface area contributed by atoms with Crippen LogP contribution in [-0.2, 0) is 16.1 Å². The van der Waals surface area contributed by atoms with Crippen molar-refractivity contribution < 1.29 is 9.53 Å². The Morgan fingerprint density at radius 1 is 1.23 bits per heavy atom. The monoisotopic (exact) mass is 358 g/mol. The molecule has 2 aromatic rings. The summed E-state index contributed by atoms with van der Waals surface area (Å²) in [7, 11) is 0. The number of ether oxygens (including phenoxy) is 1. The zero-order chi connectivity index (χ0) is 17.9. The Morgan fingerprint density at radius 3 is 2.69 bits per heavy atom. The number of amides is 1. The van der Waals surface area contributed by atoms with Crippen molar-refractivity contribution in [3.8, 4) is 0 Å².